The van der Waals surface area contributed by atoms with Crippen molar-refractivity contribution in [1.82, 2.24) is 0 Å². The molecule has 0 aromatic heterocycles. The van der Waals surface area contributed by atoms with Crippen molar-refractivity contribution in [2.75, 3.05) is 0 Å². The van der Waals surface area contributed by atoms with Gasteiger partial charge in [-0.15, -0.1) is 0 Å². The summed E-state index contributed by atoms with van der Waals surface area (Å²) in [5, 5.41) is 9.47. The van der Waals surface area contributed by atoms with Crippen LogP contribution in [0.3, 0.4) is 0 Å². The number of hydrogen-bond donors (Lipinski definition) is 0. The fraction of sp³-hybridized carbons (Fsp3) is 0.667. The maximum absolute atomic E-state index is 9.63. The molecule has 5 heavy (non-hydrogen) atoms. The molecule has 0 fully saturated rings. The van der Waals surface area contributed by atoms with Gasteiger partial charge in [-0.1, -0.05) is 6.92 Å². The predicted octanol–water partition coefficient (Wildman–Crippen LogP) is 1.15. The summed E-state index contributed by atoms with van der Waals surface area (Å²) in [5.74, 6) is 0. The van der Waals surface area contributed by atoms with Gasteiger partial charge in [-0.05, 0) is 12.2 Å². The molecule has 0 aromatic carbocycles. The molecule has 29 valence electrons. The molecule has 0 atom stereocenters. The maximum atomic E-state index is 9.63. The summed E-state index contributed by atoms with van der Waals surface area (Å²) in [6.07, 6.45) is 0.481. The first-order valence-electron chi connectivity index (χ1n) is 1.47. The van der Waals surface area contributed by atoms with E-state index in [0.29, 0.717) is 6.42 Å². The fourth-order valence-electron chi connectivity index (χ4n) is 0. The van der Waals surface area contributed by atoms with Crippen molar-refractivity contribution in [3.8, 4) is 0 Å². The summed E-state index contributed by atoms with van der Waals surface area (Å²) in [4.78, 5) is 0. The van der Waals surface area contributed by atoms with Crippen LogP contribution < -0.4 is 0 Å². The van der Waals surface area contributed by atoms with Gasteiger partial charge < -0.3 is 0 Å². The van der Waals surface area contributed by atoms with Crippen LogP contribution in [-0.4, -0.2) is 5.05 Å². The molecule has 0 bridgehead atoms. The highest BCUT2D eigenvalue weighted by atomic mass is 32.1. The lowest BCUT2D eigenvalue weighted by Crippen LogP contribution is -1.79. The lowest BCUT2D eigenvalue weighted by Gasteiger charge is -1.70. The fourth-order valence-corrected chi connectivity index (χ4v) is 0. The van der Waals surface area contributed by atoms with E-state index < -0.39 is 0 Å². The smallest absolute Gasteiger partial charge is 0.218 e. The van der Waals surface area contributed by atoms with E-state index in [4.69, 9.17) is 0 Å². The van der Waals surface area contributed by atoms with E-state index in [2.05, 4.69) is 12.2 Å². The summed E-state index contributed by atoms with van der Waals surface area (Å²) in [6, 6.07) is 0. The third-order valence-electron chi connectivity index (χ3n) is 0.289. The van der Waals surface area contributed by atoms with E-state index in [1.165, 1.54) is 0 Å². The van der Waals surface area contributed by atoms with E-state index >= 15 is 0 Å². The van der Waals surface area contributed by atoms with Crippen molar-refractivity contribution in [3.05, 3.63) is 0 Å². The van der Waals surface area contributed by atoms with Gasteiger partial charge in [0.05, 0.1) is 0 Å². The zero-order chi connectivity index (χ0) is 4.28. The zero-order valence-corrected chi connectivity index (χ0v) is 3.84. The molecule has 0 saturated heterocycles. The summed E-state index contributed by atoms with van der Waals surface area (Å²) in [7, 11) is 0. The molecule has 1 radical (unpaired) electrons. The van der Waals surface area contributed by atoms with Gasteiger partial charge in [-0.25, -0.2) is 0 Å². The molecule has 0 aromatic rings. The van der Waals surface area contributed by atoms with Gasteiger partial charge in [-0.2, -0.15) is 0 Å². The van der Waals surface area contributed by atoms with Crippen molar-refractivity contribution in [2.45, 2.75) is 13.3 Å². The minimum atomic E-state index is -0.162. The van der Waals surface area contributed by atoms with Gasteiger partial charge in [-0.3, -0.25) is 5.11 Å². The van der Waals surface area contributed by atoms with Crippen LogP contribution in [-0.2, 0) is 5.11 Å². The van der Waals surface area contributed by atoms with Gasteiger partial charge in [0.25, 0.3) is 0 Å². The van der Waals surface area contributed by atoms with Crippen LogP contribution in [0.15, 0.2) is 0 Å². The molecule has 0 aliphatic rings. The van der Waals surface area contributed by atoms with E-state index in [0.717, 1.165) is 0 Å². The van der Waals surface area contributed by atoms with Crippen LogP contribution in [0.25, 0.3) is 0 Å². The van der Waals surface area contributed by atoms with Crippen molar-refractivity contribution in [2.24, 2.45) is 0 Å². The van der Waals surface area contributed by atoms with E-state index in [1.54, 1.807) is 6.92 Å². The average Bonchev–Trinajstić information content (AvgIpc) is 1.38. The summed E-state index contributed by atoms with van der Waals surface area (Å²) < 4.78 is 0. The van der Waals surface area contributed by atoms with Crippen molar-refractivity contribution < 1.29 is 5.11 Å². The minimum absolute atomic E-state index is 0.162. The van der Waals surface area contributed by atoms with Gasteiger partial charge in [0.15, 0.2) is 0 Å². The summed E-state index contributed by atoms with van der Waals surface area (Å²) in [6.45, 7) is 1.75. The van der Waals surface area contributed by atoms with Crippen LogP contribution in [0.4, 0.5) is 0 Å². The molecule has 1 nitrogen and oxygen atoms in total. The summed E-state index contributed by atoms with van der Waals surface area (Å²) in [5.41, 5.74) is 0. The van der Waals surface area contributed by atoms with Gasteiger partial charge in [0.1, 0.15) is 0 Å². The van der Waals surface area contributed by atoms with Crippen molar-refractivity contribution >= 4 is 17.3 Å². The normalized spacial score (nSPS) is 7.40. The second-order valence-corrected chi connectivity index (χ2v) is 1.18. The average molecular weight is 89.1 g/mol. The molecule has 0 rings (SSSR count). The van der Waals surface area contributed by atoms with E-state index in [1.807, 2.05) is 0 Å². The number of hydrogen-bond acceptors (Lipinski definition) is 1. The second-order valence-electron chi connectivity index (χ2n) is 0.726. The topological polar surface area (TPSA) is 19.9 Å². The van der Waals surface area contributed by atoms with Crippen LogP contribution in [0, 0.1) is 0 Å². The van der Waals surface area contributed by atoms with Crippen LogP contribution >= 0.6 is 12.2 Å². The van der Waals surface area contributed by atoms with Crippen LogP contribution in [0.5, 0.6) is 0 Å². The van der Waals surface area contributed by atoms with Crippen LogP contribution in [0.1, 0.15) is 13.3 Å². The number of rotatable bonds is 1. The van der Waals surface area contributed by atoms with E-state index in [-0.39, 0.29) is 5.05 Å². The Balaban J connectivity index is 2.85. The monoisotopic (exact) mass is 89.0 g/mol. The lowest BCUT2D eigenvalue weighted by molar-refractivity contribution is 0.429. The minimum Gasteiger partial charge on any atom is -0.282 e. The Labute approximate surface area is 36.6 Å². The first-order valence-corrected chi connectivity index (χ1v) is 1.88. The Kier molecular flexibility index (Phi) is 2.10. The quantitative estimate of drug-likeness (QED) is 0.441. The van der Waals surface area contributed by atoms with Gasteiger partial charge in [0.2, 0.25) is 5.05 Å². The SMILES string of the molecule is CCC([O])=S. The van der Waals surface area contributed by atoms with Crippen molar-refractivity contribution in [1.29, 1.82) is 0 Å². The molecule has 0 heterocycles. The molecular weight excluding hydrogens is 84.1 g/mol. The largest absolute Gasteiger partial charge is 0.282 e. The highest BCUT2D eigenvalue weighted by Gasteiger charge is 1.79. The molecular formula is C3H5OS. The molecule has 2 heteroatoms. The van der Waals surface area contributed by atoms with E-state index in [9.17, 15) is 5.11 Å². The Morgan fingerprint density at radius 1 is 2.00 bits per heavy atom. The standard InChI is InChI=1S/C3H5OS/c1-2-3(4)5/h2H2,1H3. The molecule has 0 saturated carbocycles. The highest BCUT2D eigenvalue weighted by molar-refractivity contribution is 7.80. The van der Waals surface area contributed by atoms with Crippen LogP contribution in [0.2, 0.25) is 0 Å². The van der Waals surface area contributed by atoms with Gasteiger partial charge >= 0.3 is 0 Å². The number of thiocarbonyl (C=S) groups is 1. The Hall–Kier alpha value is -0.110. The highest BCUT2D eigenvalue weighted by Crippen LogP contribution is 1.74. The predicted molar refractivity (Wildman–Crippen MR) is 23.6 cm³/mol. The zero-order valence-electron chi connectivity index (χ0n) is 3.02. The Bertz CT molecular complexity index is 42.2. The second kappa shape index (κ2) is 2.15. The third kappa shape index (κ3) is 3.89. The maximum Gasteiger partial charge on any atom is 0.218 e. The molecule has 0 N–H and O–H groups in total. The molecule has 0 aliphatic heterocycles. The summed E-state index contributed by atoms with van der Waals surface area (Å²) >= 11 is 4.14. The van der Waals surface area contributed by atoms with Gasteiger partial charge in [0, 0.05) is 6.42 Å². The molecule has 0 aliphatic carbocycles. The lowest BCUT2D eigenvalue weighted by atomic mass is 10.5. The molecule has 0 spiro atoms. The first-order chi connectivity index (χ1) is 2.27. The Morgan fingerprint density at radius 3 is 2.20 bits per heavy atom. The third-order valence-corrected chi connectivity index (χ3v) is 0.577. The van der Waals surface area contributed by atoms with Crippen molar-refractivity contribution in [3.63, 3.8) is 0 Å². The molecule has 0 unspecified atom stereocenters. The first kappa shape index (κ1) is 4.89. The molecule has 0 amide bonds. The Morgan fingerprint density at radius 2 is 2.20 bits per heavy atom.